The second kappa shape index (κ2) is 9.94. The van der Waals surface area contributed by atoms with Gasteiger partial charge in [-0.2, -0.15) is 0 Å². The van der Waals surface area contributed by atoms with Gasteiger partial charge in [0.05, 0.1) is 4.90 Å². The lowest BCUT2D eigenvalue weighted by Gasteiger charge is -2.42. The lowest BCUT2D eigenvalue weighted by Crippen LogP contribution is -2.56. The number of halogens is 1. The first kappa shape index (κ1) is 25.4. The van der Waals surface area contributed by atoms with Crippen molar-refractivity contribution in [3.05, 3.63) is 72.1 Å². The van der Waals surface area contributed by atoms with Gasteiger partial charge in [0.25, 0.3) is 0 Å². The standard InChI is InChI=1S/C24H29FN4O4S/c1-5-22(30)29-13-12-28(15-17(29)3)24(31)23(18-7-6-16(2)21(25)14-18)27(4)19-8-10-20(11-9-19)34(26,32)33/h5-11,14,17,23H,1,12-13,15H2,2-4H3,(H2,26,32,33)/t17-,23?/m1/s1. The molecule has 182 valence electrons. The van der Waals surface area contributed by atoms with Crippen LogP contribution in [0.5, 0.6) is 0 Å². The monoisotopic (exact) mass is 488 g/mol. The normalized spacial score (nSPS) is 17.3. The van der Waals surface area contributed by atoms with Crippen molar-refractivity contribution in [2.75, 3.05) is 31.6 Å². The molecule has 1 aliphatic heterocycles. The van der Waals surface area contributed by atoms with Crippen LogP contribution in [0.3, 0.4) is 0 Å². The number of piperazine rings is 1. The summed E-state index contributed by atoms with van der Waals surface area (Å²) in [7, 11) is -2.18. The molecular weight excluding hydrogens is 459 g/mol. The molecule has 0 saturated carbocycles. The van der Waals surface area contributed by atoms with Gasteiger partial charge in [-0.05, 0) is 61.4 Å². The number of sulfonamides is 1. The molecule has 2 N–H and O–H groups in total. The number of amides is 2. The molecule has 0 aliphatic carbocycles. The highest BCUT2D eigenvalue weighted by molar-refractivity contribution is 7.89. The van der Waals surface area contributed by atoms with E-state index < -0.39 is 21.9 Å². The van der Waals surface area contributed by atoms with E-state index in [1.54, 1.807) is 52.9 Å². The SMILES string of the molecule is C=CC(=O)N1CCN(C(=O)C(c2ccc(C)c(F)c2)N(C)c2ccc(S(N)(=O)=O)cc2)C[C@H]1C. The van der Waals surface area contributed by atoms with Gasteiger partial charge in [-0.15, -0.1) is 0 Å². The van der Waals surface area contributed by atoms with Crippen molar-refractivity contribution >= 4 is 27.5 Å². The summed E-state index contributed by atoms with van der Waals surface area (Å²) in [5.74, 6) is -0.870. The molecule has 1 aliphatic rings. The Hall–Kier alpha value is -3.24. The van der Waals surface area contributed by atoms with E-state index in [0.717, 1.165) is 0 Å². The van der Waals surface area contributed by atoms with Gasteiger partial charge in [-0.1, -0.05) is 18.7 Å². The summed E-state index contributed by atoms with van der Waals surface area (Å²) in [6.45, 7) is 8.03. The van der Waals surface area contributed by atoms with E-state index in [1.807, 2.05) is 6.92 Å². The molecule has 1 unspecified atom stereocenters. The van der Waals surface area contributed by atoms with Crippen molar-refractivity contribution < 1.29 is 22.4 Å². The number of likely N-dealkylation sites (N-methyl/N-ethyl adjacent to an activating group) is 1. The van der Waals surface area contributed by atoms with Gasteiger partial charge in [-0.25, -0.2) is 17.9 Å². The number of nitrogens with two attached hydrogens (primary N) is 1. The van der Waals surface area contributed by atoms with Gasteiger partial charge in [0, 0.05) is 38.4 Å². The molecule has 1 saturated heterocycles. The first-order chi connectivity index (χ1) is 15.9. The van der Waals surface area contributed by atoms with E-state index in [4.69, 9.17) is 5.14 Å². The summed E-state index contributed by atoms with van der Waals surface area (Å²) >= 11 is 0. The number of nitrogens with zero attached hydrogens (tertiary/aromatic N) is 3. The molecule has 1 heterocycles. The number of benzene rings is 2. The Morgan fingerprint density at radius 1 is 1.21 bits per heavy atom. The summed E-state index contributed by atoms with van der Waals surface area (Å²) in [6.07, 6.45) is 1.25. The number of primary sulfonamides is 1. The van der Waals surface area contributed by atoms with Crippen LogP contribution in [0.2, 0.25) is 0 Å². The third kappa shape index (κ3) is 5.28. The van der Waals surface area contributed by atoms with Crippen molar-refractivity contribution in [2.45, 2.75) is 30.8 Å². The van der Waals surface area contributed by atoms with E-state index in [1.165, 1.54) is 24.3 Å². The highest BCUT2D eigenvalue weighted by Crippen LogP contribution is 2.30. The average Bonchev–Trinajstić information content (AvgIpc) is 2.80. The van der Waals surface area contributed by atoms with E-state index >= 15 is 0 Å². The molecule has 0 spiro atoms. The van der Waals surface area contributed by atoms with E-state index in [-0.39, 0.29) is 22.8 Å². The predicted molar refractivity (Wildman–Crippen MR) is 128 cm³/mol. The van der Waals surface area contributed by atoms with Crippen LogP contribution in [-0.2, 0) is 19.6 Å². The molecule has 2 amide bonds. The van der Waals surface area contributed by atoms with Crippen molar-refractivity contribution in [1.29, 1.82) is 0 Å². The fourth-order valence-electron chi connectivity index (χ4n) is 4.11. The van der Waals surface area contributed by atoms with Crippen molar-refractivity contribution in [1.82, 2.24) is 9.80 Å². The number of hydrogen-bond acceptors (Lipinski definition) is 5. The first-order valence-corrected chi connectivity index (χ1v) is 12.3. The maximum Gasteiger partial charge on any atom is 0.250 e. The van der Waals surface area contributed by atoms with Crippen LogP contribution in [0.25, 0.3) is 0 Å². The Balaban J connectivity index is 1.96. The fourth-order valence-corrected chi connectivity index (χ4v) is 4.62. The molecule has 3 rings (SSSR count). The number of hydrogen-bond donors (Lipinski definition) is 1. The van der Waals surface area contributed by atoms with Gasteiger partial charge in [0.15, 0.2) is 0 Å². The number of carbonyl (C=O) groups is 2. The average molecular weight is 489 g/mol. The molecule has 2 aromatic carbocycles. The molecule has 2 atom stereocenters. The molecule has 0 radical (unpaired) electrons. The van der Waals surface area contributed by atoms with Crippen LogP contribution in [0.4, 0.5) is 10.1 Å². The second-order valence-corrected chi connectivity index (χ2v) is 9.99. The molecule has 34 heavy (non-hydrogen) atoms. The minimum absolute atomic E-state index is 0.0502. The van der Waals surface area contributed by atoms with Gasteiger partial charge < -0.3 is 14.7 Å². The van der Waals surface area contributed by atoms with Crippen LogP contribution < -0.4 is 10.0 Å². The highest BCUT2D eigenvalue weighted by atomic mass is 32.2. The smallest absolute Gasteiger partial charge is 0.250 e. The second-order valence-electron chi connectivity index (χ2n) is 8.43. The molecule has 2 aromatic rings. The molecule has 1 fully saturated rings. The Morgan fingerprint density at radius 2 is 1.85 bits per heavy atom. The zero-order valence-electron chi connectivity index (χ0n) is 19.4. The highest BCUT2D eigenvalue weighted by Gasteiger charge is 2.35. The predicted octanol–water partition coefficient (Wildman–Crippen LogP) is 2.20. The number of anilines is 1. The Kier molecular flexibility index (Phi) is 7.42. The number of rotatable bonds is 6. The van der Waals surface area contributed by atoms with Crippen molar-refractivity contribution in [3.63, 3.8) is 0 Å². The van der Waals surface area contributed by atoms with E-state index in [9.17, 15) is 22.4 Å². The van der Waals surface area contributed by atoms with E-state index in [0.29, 0.717) is 36.4 Å². The number of aryl methyl sites for hydroxylation is 1. The maximum atomic E-state index is 14.5. The van der Waals surface area contributed by atoms with Crippen LogP contribution in [0, 0.1) is 12.7 Å². The van der Waals surface area contributed by atoms with Gasteiger partial charge in [0.2, 0.25) is 21.8 Å². The third-order valence-electron chi connectivity index (χ3n) is 6.10. The molecule has 0 aromatic heterocycles. The number of carbonyl (C=O) groups excluding carboxylic acids is 2. The van der Waals surface area contributed by atoms with Crippen LogP contribution >= 0.6 is 0 Å². The Morgan fingerprint density at radius 3 is 2.38 bits per heavy atom. The molecule has 0 bridgehead atoms. The molecular formula is C24H29FN4O4S. The summed E-state index contributed by atoms with van der Waals surface area (Å²) in [5, 5.41) is 5.19. The minimum Gasteiger partial charge on any atom is -0.359 e. The van der Waals surface area contributed by atoms with Gasteiger partial charge in [-0.3, -0.25) is 9.59 Å². The van der Waals surface area contributed by atoms with Crippen molar-refractivity contribution in [2.24, 2.45) is 5.14 Å². The van der Waals surface area contributed by atoms with Gasteiger partial charge >= 0.3 is 0 Å². The zero-order valence-corrected chi connectivity index (χ0v) is 20.3. The third-order valence-corrected chi connectivity index (χ3v) is 7.03. The van der Waals surface area contributed by atoms with Crippen molar-refractivity contribution in [3.8, 4) is 0 Å². The minimum atomic E-state index is -3.86. The largest absolute Gasteiger partial charge is 0.359 e. The quantitative estimate of drug-likeness (QED) is 0.628. The lowest BCUT2D eigenvalue weighted by atomic mass is 10.0. The topological polar surface area (TPSA) is 104 Å². The lowest BCUT2D eigenvalue weighted by molar-refractivity contribution is -0.140. The molecule has 10 heteroatoms. The molecule has 8 nitrogen and oxygen atoms in total. The fraction of sp³-hybridized carbons (Fsp3) is 0.333. The van der Waals surface area contributed by atoms with Crippen LogP contribution in [0.1, 0.15) is 24.1 Å². The Labute approximate surface area is 199 Å². The van der Waals surface area contributed by atoms with Crippen LogP contribution in [0.15, 0.2) is 60.0 Å². The summed E-state index contributed by atoms with van der Waals surface area (Å²) in [4.78, 5) is 30.8. The summed E-state index contributed by atoms with van der Waals surface area (Å²) in [6, 6.07) is 9.40. The zero-order chi connectivity index (χ0) is 25.2. The van der Waals surface area contributed by atoms with E-state index in [2.05, 4.69) is 6.58 Å². The van der Waals surface area contributed by atoms with Gasteiger partial charge in [0.1, 0.15) is 11.9 Å². The summed E-state index contributed by atoms with van der Waals surface area (Å²) < 4.78 is 37.7. The summed E-state index contributed by atoms with van der Waals surface area (Å²) in [5.41, 5.74) is 1.48. The Bertz CT molecular complexity index is 1200. The first-order valence-electron chi connectivity index (χ1n) is 10.8. The maximum absolute atomic E-state index is 14.5. The van der Waals surface area contributed by atoms with Crippen LogP contribution in [-0.4, -0.2) is 62.8 Å².